The molecule has 0 aliphatic carbocycles. The highest BCUT2D eigenvalue weighted by Crippen LogP contribution is 2.17. The first-order valence-electron chi connectivity index (χ1n) is 9.63. The van der Waals surface area contributed by atoms with Crippen molar-refractivity contribution in [1.82, 2.24) is 19.1 Å². The Kier molecular flexibility index (Phi) is 6.48. The molecule has 0 spiro atoms. The van der Waals surface area contributed by atoms with E-state index in [1.165, 1.54) is 16.2 Å². The van der Waals surface area contributed by atoms with Crippen molar-refractivity contribution in [2.24, 2.45) is 12.1 Å². The van der Waals surface area contributed by atoms with Crippen LogP contribution >= 0.6 is 0 Å². The van der Waals surface area contributed by atoms with Crippen molar-refractivity contribution in [3.63, 3.8) is 0 Å². The lowest BCUT2D eigenvalue weighted by Crippen LogP contribution is -2.30. The van der Waals surface area contributed by atoms with Gasteiger partial charge >= 0.3 is 5.69 Å². The van der Waals surface area contributed by atoms with E-state index in [2.05, 4.69) is 20.5 Å². The number of fused-ring (bicyclic) bond motifs is 1. The molecule has 0 bridgehead atoms. The number of aliphatic hydroxyl groups is 1. The van der Waals surface area contributed by atoms with Crippen LogP contribution in [0.15, 0.2) is 45.0 Å². The van der Waals surface area contributed by atoms with E-state index < -0.39 is 17.4 Å². The first-order valence-corrected chi connectivity index (χ1v) is 9.63. The largest absolute Gasteiger partial charge is 0.389 e. The number of rotatable bonds is 8. The van der Waals surface area contributed by atoms with Gasteiger partial charge in [0.15, 0.2) is 11.2 Å². The van der Waals surface area contributed by atoms with Gasteiger partial charge in [-0.1, -0.05) is 30.3 Å². The lowest BCUT2D eigenvalue weighted by atomic mass is 10.1. The van der Waals surface area contributed by atoms with Crippen LogP contribution in [0.3, 0.4) is 0 Å². The zero-order valence-corrected chi connectivity index (χ0v) is 17.4. The Balaban J connectivity index is 2.01. The first kappa shape index (κ1) is 21.5. The molecular formula is C20H26N6O4. The quantitative estimate of drug-likeness (QED) is 0.373. The number of hydrogen-bond donors (Lipinski definition) is 3. The number of nitrogens with one attached hydrogen (secondary N) is 2. The van der Waals surface area contributed by atoms with E-state index >= 15 is 0 Å². The minimum absolute atomic E-state index is 0.0345. The van der Waals surface area contributed by atoms with E-state index in [9.17, 15) is 14.7 Å². The summed E-state index contributed by atoms with van der Waals surface area (Å²) in [5.41, 5.74) is 3.69. The number of hydrazone groups is 1. The third-order valence-electron chi connectivity index (χ3n) is 4.54. The highest BCUT2D eigenvalue weighted by molar-refractivity contribution is 5.99. The number of anilines is 1. The zero-order valence-electron chi connectivity index (χ0n) is 17.4. The number of imidazole rings is 1. The van der Waals surface area contributed by atoms with Crippen LogP contribution in [0.1, 0.15) is 26.3 Å². The molecular weight excluding hydrogens is 388 g/mol. The summed E-state index contributed by atoms with van der Waals surface area (Å²) in [7, 11) is 1.51. The van der Waals surface area contributed by atoms with Crippen molar-refractivity contribution in [2.45, 2.75) is 39.5 Å². The molecule has 0 saturated carbocycles. The number of aliphatic hydroxyl groups excluding tert-OH is 1. The predicted octanol–water partition coefficient (Wildman–Crippen LogP) is 1.05. The molecule has 30 heavy (non-hydrogen) atoms. The van der Waals surface area contributed by atoms with Gasteiger partial charge in [0.25, 0.3) is 5.56 Å². The normalized spacial score (nSPS) is 13.2. The maximum atomic E-state index is 12.5. The molecule has 2 aromatic heterocycles. The molecule has 2 heterocycles. The molecule has 0 fully saturated rings. The van der Waals surface area contributed by atoms with Gasteiger partial charge in [-0.3, -0.25) is 14.3 Å². The van der Waals surface area contributed by atoms with Crippen molar-refractivity contribution in [2.75, 3.05) is 12.0 Å². The highest BCUT2D eigenvalue weighted by atomic mass is 16.5. The number of hydrogen-bond acceptors (Lipinski definition) is 7. The third-order valence-corrected chi connectivity index (χ3v) is 4.54. The van der Waals surface area contributed by atoms with Crippen LogP contribution in [0.4, 0.5) is 5.95 Å². The van der Waals surface area contributed by atoms with Gasteiger partial charge < -0.3 is 14.4 Å². The lowest BCUT2D eigenvalue weighted by molar-refractivity contribution is -0.000105. The van der Waals surface area contributed by atoms with Gasteiger partial charge in [-0.25, -0.2) is 10.2 Å². The van der Waals surface area contributed by atoms with E-state index in [4.69, 9.17) is 4.74 Å². The second-order valence-corrected chi connectivity index (χ2v) is 7.25. The number of nitrogens with zero attached hydrogens (tertiary/aromatic N) is 4. The Labute approximate surface area is 172 Å². The number of aryl methyl sites for hydroxylation is 1. The Morgan fingerprint density at radius 3 is 2.67 bits per heavy atom. The molecule has 1 atom stereocenters. The predicted molar refractivity (Wildman–Crippen MR) is 115 cm³/mol. The van der Waals surface area contributed by atoms with Crippen molar-refractivity contribution in [3.8, 4) is 0 Å². The van der Waals surface area contributed by atoms with Gasteiger partial charge in [-0.05, 0) is 26.3 Å². The average Bonchev–Trinajstić information content (AvgIpc) is 3.08. The molecule has 3 rings (SSSR count). The smallest absolute Gasteiger partial charge is 0.329 e. The molecule has 1 unspecified atom stereocenters. The number of ether oxygens (including phenoxy) is 1. The second-order valence-electron chi connectivity index (χ2n) is 7.25. The maximum absolute atomic E-state index is 12.5. The fourth-order valence-electron chi connectivity index (χ4n) is 2.94. The summed E-state index contributed by atoms with van der Waals surface area (Å²) in [6, 6.07) is 9.57. The number of H-pyrrole nitrogens is 1. The Bertz CT molecular complexity index is 1160. The van der Waals surface area contributed by atoms with Crippen molar-refractivity contribution < 1.29 is 9.84 Å². The van der Waals surface area contributed by atoms with Crippen LogP contribution < -0.4 is 16.7 Å². The molecule has 0 saturated heterocycles. The van der Waals surface area contributed by atoms with Crippen LogP contribution in [0.2, 0.25) is 0 Å². The summed E-state index contributed by atoms with van der Waals surface area (Å²) < 4.78 is 8.20. The minimum Gasteiger partial charge on any atom is -0.389 e. The standard InChI is InChI=1S/C20H26N6O4/c1-12(2)30-11-15(27)10-26-16-17(25(4)20(29)22-18(16)28)21-19(26)24-23-13(3)14-8-6-5-7-9-14/h5-9,12,15,27H,10-11H2,1-4H3,(H,21,24)(H,22,28,29)/b23-13+. The van der Waals surface area contributed by atoms with Crippen LogP contribution in [0.5, 0.6) is 0 Å². The molecule has 0 aliphatic rings. The third kappa shape index (κ3) is 4.66. The summed E-state index contributed by atoms with van der Waals surface area (Å²) in [5, 5.41) is 14.8. The monoisotopic (exact) mass is 414 g/mol. The van der Waals surface area contributed by atoms with E-state index in [0.29, 0.717) is 5.71 Å². The zero-order chi connectivity index (χ0) is 21.8. The summed E-state index contributed by atoms with van der Waals surface area (Å²) in [6.07, 6.45) is -0.930. The Hall–Kier alpha value is -3.24. The average molecular weight is 414 g/mol. The molecule has 3 N–H and O–H groups in total. The molecule has 0 amide bonds. The number of benzene rings is 1. The molecule has 10 heteroatoms. The Morgan fingerprint density at radius 2 is 2.00 bits per heavy atom. The van der Waals surface area contributed by atoms with Gasteiger partial charge in [-0.15, -0.1) is 0 Å². The van der Waals surface area contributed by atoms with Crippen molar-refractivity contribution in [1.29, 1.82) is 0 Å². The van der Waals surface area contributed by atoms with E-state index in [1.54, 1.807) is 0 Å². The van der Waals surface area contributed by atoms with E-state index in [1.807, 2.05) is 51.1 Å². The van der Waals surface area contributed by atoms with Crippen LogP contribution in [0.25, 0.3) is 11.2 Å². The number of aromatic nitrogens is 4. The van der Waals surface area contributed by atoms with Gasteiger partial charge in [0, 0.05) is 7.05 Å². The van der Waals surface area contributed by atoms with Crippen molar-refractivity contribution >= 4 is 22.8 Å². The lowest BCUT2D eigenvalue weighted by Gasteiger charge is -2.16. The molecule has 0 aliphatic heterocycles. The molecule has 160 valence electrons. The molecule has 0 radical (unpaired) electrons. The summed E-state index contributed by atoms with van der Waals surface area (Å²) in [5.74, 6) is 0.232. The first-order chi connectivity index (χ1) is 14.3. The molecule has 1 aromatic carbocycles. The Morgan fingerprint density at radius 1 is 1.30 bits per heavy atom. The van der Waals surface area contributed by atoms with Crippen LogP contribution in [-0.4, -0.2) is 48.7 Å². The van der Waals surface area contributed by atoms with Gasteiger partial charge in [-0.2, -0.15) is 10.1 Å². The van der Waals surface area contributed by atoms with Crippen LogP contribution in [0, 0.1) is 0 Å². The molecule has 10 nitrogen and oxygen atoms in total. The second kappa shape index (κ2) is 9.06. The maximum Gasteiger partial charge on any atom is 0.329 e. The van der Waals surface area contributed by atoms with Gasteiger partial charge in [0.05, 0.1) is 31.1 Å². The highest BCUT2D eigenvalue weighted by Gasteiger charge is 2.20. The summed E-state index contributed by atoms with van der Waals surface area (Å²) in [6.45, 7) is 5.70. The van der Waals surface area contributed by atoms with E-state index in [0.717, 1.165) is 5.56 Å². The summed E-state index contributed by atoms with van der Waals surface area (Å²) >= 11 is 0. The van der Waals surface area contributed by atoms with Gasteiger partial charge in [0.2, 0.25) is 5.95 Å². The van der Waals surface area contributed by atoms with Crippen LogP contribution in [-0.2, 0) is 18.3 Å². The SMILES string of the molecule is C/C(=N\Nc1nc2c(c(=O)[nH]c(=O)n2C)n1CC(O)COC(C)C)c1ccccc1. The van der Waals surface area contributed by atoms with E-state index in [-0.39, 0.29) is 36.4 Å². The topological polar surface area (TPSA) is 127 Å². The van der Waals surface area contributed by atoms with Gasteiger partial charge in [0.1, 0.15) is 0 Å². The fraction of sp³-hybridized carbons (Fsp3) is 0.400. The minimum atomic E-state index is -0.888. The molecule has 3 aromatic rings. The summed E-state index contributed by atoms with van der Waals surface area (Å²) in [4.78, 5) is 31.1. The number of aromatic amines is 1. The fourth-order valence-corrected chi connectivity index (χ4v) is 2.94. The van der Waals surface area contributed by atoms with Crippen molar-refractivity contribution in [3.05, 3.63) is 56.7 Å².